The van der Waals surface area contributed by atoms with Crippen LogP contribution in [0.4, 0.5) is 0 Å². The molecule has 0 fully saturated rings. The molecule has 0 saturated heterocycles. The van der Waals surface area contributed by atoms with Crippen LogP contribution in [0, 0.1) is 5.92 Å². The first-order valence-electron chi connectivity index (χ1n) is 6.63. The van der Waals surface area contributed by atoms with Crippen LogP contribution < -0.4 is 5.73 Å². The monoisotopic (exact) mass is 234 g/mol. The maximum absolute atomic E-state index is 5.62. The van der Waals surface area contributed by atoms with Crippen molar-refractivity contribution in [2.24, 2.45) is 11.7 Å². The third-order valence-corrected chi connectivity index (χ3v) is 3.42. The van der Waals surface area contributed by atoms with Crippen molar-refractivity contribution in [2.75, 3.05) is 13.1 Å². The Morgan fingerprint density at radius 3 is 2.29 bits per heavy atom. The predicted octanol–water partition coefficient (Wildman–Crippen LogP) is 2.88. The van der Waals surface area contributed by atoms with E-state index in [1.54, 1.807) is 0 Å². The second kappa shape index (κ2) is 7.46. The van der Waals surface area contributed by atoms with Gasteiger partial charge < -0.3 is 5.73 Å². The van der Waals surface area contributed by atoms with Crippen LogP contribution in [0.3, 0.4) is 0 Å². The van der Waals surface area contributed by atoms with Gasteiger partial charge in [-0.05, 0) is 37.9 Å². The van der Waals surface area contributed by atoms with E-state index in [1.807, 2.05) is 0 Å². The predicted molar refractivity (Wildman–Crippen MR) is 74.8 cm³/mol. The number of nitrogens with two attached hydrogens (primary N) is 1. The lowest BCUT2D eigenvalue weighted by atomic mass is 10.0. The Morgan fingerprint density at radius 2 is 1.76 bits per heavy atom. The van der Waals surface area contributed by atoms with Crippen molar-refractivity contribution in [3.8, 4) is 0 Å². The van der Waals surface area contributed by atoms with Gasteiger partial charge in [0.2, 0.25) is 0 Å². The number of hydrogen-bond acceptors (Lipinski definition) is 2. The summed E-state index contributed by atoms with van der Waals surface area (Å²) in [6, 6.07) is 11.3. The van der Waals surface area contributed by atoms with E-state index in [0.29, 0.717) is 12.0 Å². The number of nitrogens with zero attached hydrogens (tertiary/aromatic N) is 1. The van der Waals surface area contributed by atoms with Crippen molar-refractivity contribution < 1.29 is 0 Å². The summed E-state index contributed by atoms with van der Waals surface area (Å²) >= 11 is 0. The molecule has 0 heterocycles. The van der Waals surface area contributed by atoms with Gasteiger partial charge in [0.05, 0.1) is 0 Å². The van der Waals surface area contributed by atoms with Crippen molar-refractivity contribution in [1.82, 2.24) is 4.90 Å². The first-order valence-corrected chi connectivity index (χ1v) is 6.63. The first kappa shape index (κ1) is 14.2. The first-order chi connectivity index (χ1) is 8.15. The zero-order valence-corrected chi connectivity index (χ0v) is 11.4. The molecule has 1 aromatic rings. The van der Waals surface area contributed by atoms with Gasteiger partial charge in [0, 0.05) is 12.6 Å². The minimum Gasteiger partial charge on any atom is -0.330 e. The van der Waals surface area contributed by atoms with Gasteiger partial charge in [0.1, 0.15) is 0 Å². The lowest BCUT2D eigenvalue weighted by Crippen LogP contribution is -2.37. The van der Waals surface area contributed by atoms with E-state index in [-0.39, 0.29) is 0 Å². The molecule has 0 aliphatic rings. The van der Waals surface area contributed by atoms with E-state index in [1.165, 1.54) is 5.56 Å². The van der Waals surface area contributed by atoms with Crippen molar-refractivity contribution in [1.29, 1.82) is 0 Å². The number of rotatable bonds is 7. The minimum absolute atomic E-state index is 0.599. The average Bonchev–Trinajstić information content (AvgIpc) is 2.34. The van der Waals surface area contributed by atoms with E-state index in [0.717, 1.165) is 26.1 Å². The van der Waals surface area contributed by atoms with Crippen LogP contribution in [0.1, 0.15) is 32.8 Å². The summed E-state index contributed by atoms with van der Waals surface area (Å²) in [6.07, 6.45) is 1.07. The summed E-state index contributed by atoms with van der Waals surface area (Å²) in [5, 5.41) is 0. The summed E-state index contributed by atoms with van der Waals surface area (Å²) in [4.78, 5) is 2.53. The van der Waals surface area contributed by atoms with Crippen LogP contribution in [0.5, 0.6) is 0 Å². The van der Waals surface area contributed by atoms with Gasteiger partial charge in [0.15, 0.2) is 0 Å². The van der Waals surface area contributed by atoms with Crippen LogP contribution in [-0.4, -0.2) is 24.0 Å². The minimum atomic E-state index is 0.599. The molecule has 0 aromatic heterocycles. The van der Waals surface area contributed by atoms with Gasteiger partial charge >= 0.3 is 0 Å². The summed E-state index contributed by atoms with van der Waals surface area (Å²) in [5.41, 5.74) is 7.01. The topological polar surface area (TPSA) is 29.3 Å². The fraction of sp³-hybridized carbons (Fsp3) is 0.600. The highest BCUT2D eigenvalue weighted by Gasteiger charge is 2.16. The Morgan fingerprint density at radius 1 is 1.12 bits per heavy atom. The molecule has 0 radical (unpaired) electrons. The zero-order chi connectivity index (χ0) is 12.7. The van der Waals surface area contributed by atoms with Gasteiger partial charge in [-0.15, -0.1) is 0 Å². The highest BCUT2D eigenvalue weighted by atomic mass is 15.1. The Hall–Kier alpha value is -0.860. The molecule has 0 amide bonds. The van der Waals surface area contributed by atoms with Crippen LogP contribution in [0.15, 0.2) is 30.3 Å². The van der Waals surface area contributed by atoms with Crippen molar-refractivity contribution in [3.63, 3.8) is 0 Å². The standard InChI is InChI=1S/C15H26N2/c1-13(2)14(3)17(11-7-10-16)12-15-8-5-4-6-9-15/h4-6,8-9,13-14H,7,10-12,16H2,1-3H3. The summed E-state index contributed by atoms with van der Waals surface area (Å²) in [7, 11) is 0. The van der Waals surface area contributed by atoms with E-state index in [2.05, 4.69) is 56.0 Å². The molecule has 1 unspecified atom stereocenters. The number of hydrogen-bond donors (Lipinski definition) is 1. The van der Waals surface area contributed by atoms with Gasteiger partial charge in [0.25, 0.3) is 0 Å². The Bertz CT molecular complexity index is 295. The van der Waals surface area contributed by atoms with Crippen molar-refractivity contribution in [3.05, 3.63) is 35.9 Å². The molecular weight excluding hydrogens is 208 g/mol. The average molecular weight is 234 g/mol. The largest absolute Gasteiger partial charge is 0.330 e. The molecular formula is C15H26N2. The molecule has 0 aliphatic carbocycles. The van der Waals surface area contributed by atoms with Crippen LogP contribution >= 0.6 is 0 Å². The Balaban J connectivity index is 2.63. The molecule has 1 aromatic carbocycles. The van der Waals surface area contributed by atoms with Crippen LogP contribution in [0.2, 0.25) is 0 Å². The Labute approximate surface area is 106 Å². The molecule has 0 bridgehead atoms. The summed E-state index contributed by atoms with van der Waals surface area (Å²) < 4.78 is 0. The van der Waals surface area contributed by atoms with Crippen molar-refractivity contribution in [2.45, 2.75) is 39.8 Å². The molecule has 0 spiro atoms. The van der Waals surface area contributed by atoms with E-state index < -0.39 is 0 Å². The smallest absolute Gasteiger partial charge is 0.0236 e. The molecule has 2 heteroatoms. The highest BCUT2D eigenvalue weighted by Crippen LogP contribution is 2.14. The zero-order valence-electron chi connectivity index (χ0n) is 11.4. The molecule has 2 N–H and O–H groups in total. The van der Waals surface area contributed by atoms with Gasteiger partial charge in [-0.1, -0.05) is 44.2 Å². The highest BCUT2D eigenvalue weighted by molar-refractivity contribution is 5.14. The molecule has 0 saturated carbocycles. The second-order valence-corrected chi connectivity index (χ2v) is 5.08. The van der Waals surface area contributed by atoms with Crippen molar-refractivity contribution >= 4 is 0 Å². The van der Waals surface area contributed by atoms with Crippen LogP contribution in [-0.2, 0) is 6.54 Å². The molecule has 1 rings (SSSR count). The summed E-state index contributed by atoms with van der Waals surface area (Å²) in [6.45, 7) is 9.77. The van der Waals surface area contributed by atoms with Gasteiger partial charge in [-0.25, -0.2) is 0 Å². The number of benzene rings is 1. The SMILES string of the molecule is CC(C)C(C)N(CCCN)Cc1ccccc1. The second-order valence-electron chi connectivity index (χ2n) is 5.08. The van der Waals surface area contributed by atoms with Gasteiger partial charge in [-0.2, -0.15) is 0 Å². The molecule has 17 heavy (non-hydrogen) atoms. The Kier molecular flexibility index (Phi) is 6.23. The summed E-state index contributed by atoms with van der Waals surface area (Å²) in [5.74, 6) is 0.677. The van der Waals surface area contributed by atoms with Crippen LogP contribution in [0.25, 0.3) is 0 Å². The lowest BCUT2D eigenvalue weighted by molar-refractivity contribution is 0.159. The quantitative estimate of drug-likeness (QED) is 0.786. The fourth-order valence-corrected chi connectivity index (χ4v) is 1.96. The lowest BCUT2D eigenvalue weighted by Gasteiger charge is -2.31. The van der Waals surface area contributed by atoms with E-state index in [4.69, 9.17) is 5.73 Å². The molecule has 0 aliphatic heterocycles. The molecule has 96 valence electrons. The fourth-order valence-electron chi connectivity index (χ4n) is 1.96. The normalized spacial score (nSPS) is 13.3. The third kappa shape index (κ3) is 4.88. The molecule has 1 atom stereocenters. The van der Waals surface area contributed by atoms with E-state index in [9.17, 15) is 0 Å². The maximum Gasteiger partial charge on any atom is 0.0236 e. The maximum atomic E-state index is 5.62. The van der Waals surface area contributed by atoms with E-state index >= 15 is 0 Å². The third-order valence-electron chi connectivity index (χ3n) is 3.42. The van der Waals surface area contributed by atoms with Gasteiger partial charge in [-0.3, -0.25) is 4.90 Å². The molecule has 2 nitrogen and oxygen atoms in total.